The minimum absolute atomic E-state index is 0.0249. The van der Waals surface area contributed by atoms with Crippen molar-refractivity contribution in [1.29, 1.82) is 0 Å². The maximum Gasteiger partial charge on any atom is 0.152 e. The number of aryl methyl sites for hydroxylation is 1. The van der Waals surface area contributed by atoms with E-state index in [9.17, 15) is 0 Å². The lowest BCUT2D eigenvalue weighted by Crippen LogP contribution is -2.43. The number of rotatable bonds is 4. The van der Waals surface area contributed by atoms with Gasteiger partial charge >= 0.3 is 0 Å². The zero-order valence-electron chi connectivity index (χ0n) is 13.1. The summed E-state index contributed by atoms with van der Waals surface area (Å²) in [5, 5.41) is 8.05. The van der Waals surface area contributed by atoms with Crippen molar-refractivity contribution >= 4 is 11.3 Å². The Balaban J connectivity index is 1.82. The van der Waals surface area contributed by atoms with Gasteiger partial charge in [0.1, 0.15) is 5.52 Å². The van der Waals surface area contributed by atoms with Crippen molar-refractivity contribution in [2.24, 2.45) is 0 Å². The van der Waals surface area contributed by atoms with Gasteiger partial charge in [0.2, 0.25) is 0 Å². The van der Waals surface area contributed by atoms with Crippen molar-refractivity contribution in [2.45, 2.75) is 58.1 Å². The number of fused-ring (bicyclic) bond motifs is 1. The molecule has 0 bridgehead atoms. The van der Waals surface area contributed by atoms with E-state index in [0.29, 0.717) is 6.04 Å². The number of anilines is 1. The second-order valence-electron chi connectivity index (χ2n) is 5.96. The van der Waals surface area contributed by atoms with E-state index >= 15 is 0 Å². The summed E-state index contributed by atoms with van der Waals surface area (Å²) in [5.41, 5.74) is 2.08. The summed E-state index contributed by atoms with van der Waals surface area (Å²) in [6.07, 6.45) is 7.87. The van der Waals surface area contributed by atoms with Crippen LogP contribution in [0, 0.1) is 6.92 Å². The van der Waals surface area contributed by atoms with E-state index in [1.807, 2.05) is 17.6 Å². The van der Waals surface area contributed by atoms with Crippen LogP contribution in [0.3, 0.4) is 0 Å². The normalized spacial score (nSPS) is 21.6. The highest BCUT2D eigenvalue weighted by Gasteiger charge is 2.34. The second kappa shape index (κ2) is 5.64. The Morgan fingerprint density at radius 2 is 2.24 bits per heavy atom. The van der Waals surface area contributed by atoms with Gasteiger partial charge in [0.15, 0.2) is 5.82 Å². The summed E-state index contributed by atoms with van der Waals surface area (Å²) in [6.45, 7) is 7.25. The molecule has 0 saturated carbocycles. The SMILES string of the molecule is CCC1(CC)CC(Nc2nccn3nc(C)cc23)CCO1. The maximum atomic E-state index is 6.05. The molecule has 114 valence electrons. The predicted molar refractivity (Wildman–Crippen MR) is 83.6 cm³/mol. The molecule has 1 aliphatic rings. The molecule has 0 aliphatic carbocycles. The van der Waals surface area contributed by atoms with Gasteiger partial charge in [-0.05, 0) is 38.7 Å². The van der Waals surface area contributed by atoms with Gasteiger partial charge in [0.25, 0.3) is 0 Å². The Morgan fingerprint density at radius 1 is 1.43 bits per heavy atom. The molecule has 1 aliphatic heterocycles. The molecular formula is C16H24N4O. The smallest absolute Gasteiger partial charge is 0.152 e. The molecule has 1 atom stereocenters. The van der Waals surface area contributed by atoms with Crippen LogP contribution in [0.4, 0.5) is 5.82 Å². The molecule has 1 N–H and O–H groups in total. The van der Waals surface area contributed by atoms with Crippen molar-refractivity contribution in [3.63, 3.8) is 0 Å². The van der Waals surface area contributed by atoms with Crippen molar-refractivity contribution in [3.05, 3.63) is 24.2 Å². The summed E-state index contributed by atoms with van der Waals surface area (Å²) in [5.74, 6) is 0.922. The summed E-state index contributed by atoms with van der Waals surface area (Å²) in [7, 11) is 0. The first-order chi connectivity index (χ1) is 10.2. The third kappa shape index (κ3) is 2.75. The van der Waals surface area contributed by atoms with Crippen LogP contribution in [-0.4, -0.2) is 32.8 Å². The average molecular weight is 288 g/mol. The number of hydrogen-bond acceptors (Lipinski definition) is 4. The molecule has 3 heterocycles. The molecule has 2 aromatic rings. The van der Waals surface area contributed by atoms with E-state index in [2.05, 4.69) is 35.3 Å². The Bertz CT molecular complexity index is 618. The quantitative estimate of drug-likeness (QED) is 0.938. The number of nitrogens with zero attached hydrogens (tertiary/aromatic N) is 3. The third-order valence-electron chi connectivity index (χ3n) is 4.63. The summed E-state index contributed by atoms with van der Waals surface area (Å²) < 4.78 is 7.93. The monoisotopic (exact) mass is 288 g/mol. The van der Waals surface area contributed by atoms with Gasteiger partial charge in [-0.3, -0.25) is 0 Å². The minimum Gasteiger partial charge on any atom is -0.375 e. The molecule has 0 aromatic carbocycles. The molecule has 5 nitrogen and oxygen atoms in total. The van der Waals surface area contributed by atoms with Crippen LogP contribution in [0.5, 0.6) is 0 Å². The summed E-state index contributed by atoms with van der Waals surface area (Å²) in [6, 6.07) is 2.48. The maximum absolute atomic E-state index is 6.05. The van der Waals surface area contributed by atoms with Crippen LogP contribution in [0.2, 0.25) is 0 Å². The van der Waals surface area contributed by atoms with E-state index < -0.39 is 0 Å². The van der Waals surface area contributed by atoms with Crippen LogP contribution in [0.15, 0.2) is 18.5 Å². The highest BCUT2D eigenvalue weighted by molar-refractivity contribution is 5.68. The van der Waals surface area contributed by atoms with Gasteiger partial charge in [-0.1, -0.05) is 13.8 Å². The average Bonchev–Trinajstić information content (AvgIpc) is 2.89. The van der Waals surface area contributed by atoms with Crippen LogP contribution < -0.4 is 5.32 Å². The van der Waals surface area contributed by atoms with Crippen LogP contribution in [0.25, 0.3) is 5.52 Å². The van der Waals surface area contributed by atoms with Crippen molar-refractivity contribution in [3.8, 4) is 0 Å². The lowest BCUT2D eigenvalue weighted by molar-refractivity contribution is -0.0864. The first kappa shape index (κ1) is 14.3. The van der Waals surface area contributed by atoms with E-state index in [0.717, 1.165) is 49.3 Å². The highest BCUT2D eigenvalue weighted by Crippen LogP contribution is 2.33. The highest BCUT2D eigenvalue weighted by atomic mass is 16.5. The molecule has 0 spiro atoms. The Morgan fingerprint density at radius 3 is 3.00 bits per heavy atom. The topological polar surface area (TPSA) is 51.5 Å². The summed E-state index contributed by atoms with van der Waals surface area (Å²) >= 11 is 0. The fourth-order valence-electron chi connectivity index (χ4n) is 3.24. The van der Waals surface area contributed by atoms with Gasteiger partial charge in [0.05, 0.1) is 11.3 Å². The molecule has 1 unspecified atom stereocenters. The molecule has 0 radical (unpaired) electrons. The summed E-state index contributed by atoms with van der Waals surface area (Å²) in [4.78, 5) is 4.50. The Hall–Kier alpha value is -1.62. The molecule has 5 heteroatoms. The molecule has 1 fully saturated rings. The van der Waals surface area contributed by atoms with Crippen LogP contribution in [0.1, 0.15) is 45.2 Å². The van der Waals surface area contributed by atoms with Crippen LogP contribution in [-0.2, 0) is 4.74 Å². The minimum atomic E-state index is 0.0249. The van der Waals surface area contributed by atoms with Gasteiger partial charge in [0, 0.05) is 25.0 Å². The van der Waals surface area contributed by atoms with Gasteiger partial charge in [-0.15, -0.1) is 0 Å². The van der Waals surface area contributed by atoms with Gasteiger partial charge in [-0.25, -0.2) is 9.50 Å². The van der Waals surface area contributed by atoms with E-state index in [4.69, 9.17) is 4.74 Å². The van der Waals surface area contributed by atoms with E-state index in [1.165, 1.54) is 0 Å². The second-order valence-corrected chi connectivity index (χ2v) is 5.96. The molecular weight excluding hydrogens is 264 g/mol. The van der Waals surface area contributed by atoms with Crippen molar-refractivity contribution in [2.75, 3.05) is 11.9 Å². The number of aromatic nitrogens is 3. The third-order valence-corrected chi connectivity index (χ3v) is 4.63. The largest absolute Gasteiger partial charge is 0.375 e. The first-order valence-electron chi connectivity index (χ1n) is 7.87. The van der Waals surface area contributed by atoms with Gasteiger partial charge in [-0.2, -0.15) is 5.10 Å². The number of ether oxygens (including phenoxy) is 1. The number of nitrogens with one attached hydrogen (secondary N) is 1. The zero-order chi connectivity index (χ0) is 14.9. The fourth-order valence-corrected chi connectivity index (χ4v) is 3.24. The molecule has 21 heavy (non-hydrogen) atoms. The molecule has 0 amide bonds. The standard InChI is InChI=1S/C16H24N4O/c1-4-16(5-2)11-13(6-9-21-16)18-15-14-10-12(3)19-20(14)8-7-17-15/h7-8,10,13H,4-6,9,11H2,1-3H3,(H,17,18). The predicted octanol–water partition coefficient (Wildman–Crippen LogP) is 3.19. The van der Waals surface area contributed by atoms with Gasteiger partial charge < -0.3 is 10.1 Å². The van der Waals surface area contributed by atoms with E-state index in [1.54, 1.807) is 6.20 Å². The fraction of sp³-hybridized carbons (Fsp3) is 0.625. The Labute approximate surface area is 125 Å². The lowest BCUT2D eigenvalue weighted by atomic mass is 9.86. The van der Waals surface area contributed by atoms with Crippen LogP contribution >= 0.6 is 0 Å². The zero-order valence-corrected chi connectivity index (χ0v) is 13.1. The Kier molecular flexibility index (Phi) is 3.85. The number of hydrogen-bond donors (Lipinski definition) is 1. The molecule has 3 rings (SSSR count). The molecule has 1 saturated heterocycles. The van der Waals surface area contributed by atoms with E-state index in [-0.39, 0.29) is 5.60 Å². The first-order valence-corrected chi connectivity index (χ1v) is 7.87. The van der Waals surface area contributed by atoms with Crippen molar-refractivity contribution in [1.82, 2.24) is 14.6 Å². The lowest BCUT2D eigenvalue weighted by Gasteiger charge is -2.40. The molecule has 2 aromatic heterocycles. The van der Waals surface area contributed by atoms with Crippen molar-refractivity contribution < 1.29 is 4.74 Å².